The van der Waals surface area contributed by atoms with Crippen LogP contribution < -0.4 is 5.73 Å². The first-order chi connectivity index (χ1) is 8.93. The summed E-state index contributed by atoms with van der Waals surface area (Å²) in [6.07, 6.45) is 3.94. The van der Waals surface area contributed by atoms with E-state index >= 15 is 0 Å². The van der Waals surface area contributed by atoms with Crippen LogP contribution >= 0.6 is 11.8 Å². The predicted molar refractivity (Wildman–Crippen MR) is 78.4 cm³/mol. The largest absolute Gasteiger partial charge is 0.394 e. The molecule has 2 unspecified atom stereocenters. The van der Waals surface area contributed by atoms with E-state index in [1.807, 2.05) is 13.8 Å². The van der Waals surface area contributed by atoms with Crippen LogP contribution in [0, 0.1) is 20.8 Å². The molecular formula is C14H23N3OS. The molecule has 3 N–H and O–H groups in total. The molecule has 0 saturated heterocycles. The second-order valence-corrected chi connectivity index (χ2v) is 6.93. The minimum atomic E-state index is -0.412. The van der Waals surface area contributed by atoms with Crippen LogP contribution in [0.25, 0.3) is 0 Å². The van der Waals surface area contributed by atoms with Crippen LogP contribution in [0.4, 0.5) is 0 Å². The summed E-state index contributed by atoms with van der Waals surface area (Å²) in [5, 5.41) is 10.6. The number of aliphatic hydroxyl groups excluding tert-OH is 1. The van der Waals surface area contributed by atoms with Crippen LogP contribution in [-0.2, 0) is 0 Å². The number of aromatic nitrogens is 2. The molecule has 1 aliphatic carbocycles. The van der Waals surface area contributed by atoms with Gasteiger partial charge >= 0.3 is 0 Å². The van der Waals surface area contributed by atoms with Crippen molar-refractivity contribution in [3.63, 3.8) is 0 Å². The Morgan fingerprint density at radius 3 is 2.53 bits per heavy atom. The summed E-state index contributed by atoms with van der Waals surface area (Å²) in [4.78, 5) is 9.10. The van der Waals surface area contributed by atoms with Crippen LogP contribution in [-0.4, -0.2) is 32.5 Å². The Bertz CT molecular complexity index is 443. The average molecular weight is 281 g/mol. The molecule has 1 fully saturated rings. The molecule has 1 aromatic heterocycles. The first-order valence-corrected chi connectivity index (χ1v) is 7.70. The first-order valence-electron chi connectivity index (χ1n) is 6.82. The third-order valence-electron chi connectivity index (χ3n) is 4.03. The second-order valence-electron chi connectivity index (χ2n) is 5.66. The van der Waals surface area contributed by atoms with Gasteiger partial charge in [-0.3, -0.25) is 0 Å². The van der Waals surface area contributed by atoms with E-state index in [-0.39, 0.29) is 6.61 Å². The summed E-state index contributed by atoms with van der Waals surface area (Å²) in [6, 6.07) is 0. The van der Waals surface area contributed by atoms with Gasteiger partial charge in [-0.25, -0.2) is 9.97 Å². The van der Waals surface area contributed by atoms with Crippen molar-refractivity contribution in [2.75, 3.05) is 6.61 Å². The highest BCUT2D eigenvalue weighted by molar-refractivity contribution is 7.99. The molecule has 1 heterocycles. The van der Waals surface area contributed by atoms with Crippen molar-refractivity contribution in [2.45, 2.75) is 62.4 Å². The van der Waals surface area contributed by atoms with Gasteiger partial charge in [0.2, 0.25) is 0 Å². The highest BCUT2D eigenvalue weighted by Crippen LogP contribution is 2.36. The van der Waals surface area contributed by atoms with Crippen molar-refractivity contribution in [3.8, 4) is 0 Å². The molecule has 0 aliphatic heterocycles. The number of aliphatic hydroxyl groups is 1. The quantitative estimate of drug-likeness (QED) is 0.830. The molecule has 0 aromatic carbocycles. The van der Waals surface area contributed by atoms with Gasteiger partial charge in [0.25, 0.3) is 0 Å². The Balaban J connectivity index is 2.09. The number of nitrogens with zero attached hydrogens (tertiary/aromatic N) is 2. The van der Waals surface area contributed by atoms with Gasteiger partial charge in [0, 0.05) is 22.2 Å². The average Bonchev–Trinajstić information content (AvgIpc) is 2.36. The van der Waals surface area contributed by atoms with Gasteiger partial charge in [-0.1, -0.05) is 18.2 Å². The van der Waals surface area contributed by atoms with Gasteiger partial charge in [0.05, 0.1) is 6.61 Å². The van der Waals surface area contributed by atoms with Gasteiger partial charge in [-0.2, -0.15) is 0 Å². The molecule has 0 radical (unpaired) electrons. The molecule has 1 aromatic rings. The lowest BCUT2D eigenvalue weighted by molar-refractivity contribution is 0.159. The number of nitrogens with two attached hydrogens (primary N) is 1. The number of thioether (sulfide) groups is 1. The SMILES string of the molecule is Cc1nc(SC2CCCC(N)(CO)C2)nc(C)c1C. The third-order valence-corrected chi connectivity index (χ3v) is 5.16. The standard InChI is InChI=1S/C14H23N3OS/c1-9-10(2)16-13(17-11(9)3)19-12-5-4-6-14(15,7-12)8-18/h12,18H,4-8,15H2,1-3H3. The Morgan fingerprint density at radius 2 is 1.95 bits per heavy atom. The minimum Gasteiger partial charge on any atom is -0.394 e. The van der Waals surface area contributed by atoms with Crippen LogP contribution in [0.1, 0.15) is 42.6 Å². The Labute approximate surface area is 119 Å². The molecular weight excluding hydrogens is 258 g/mol. The van der Waals surface area contributed by atoms with E-state index in [0.717, 1.165) is 47.8 Å². The van der Waals surface area contributed by atoms with Gasteiger partial charge in [0.1, 0.15) is 0 Å². The summed E-state index contributed by atoms with van der Waals surface area (Å²) >= 11 is 1.71. The topological polar surface area (TPSA) is 72.0 Å². The monoisotopic (exact) mass is 281 g/mol. The fraction of sp³-hybridized carbons (Fsp3) is 0.714. The molecule has 4 nitrogen and oxygen atoms in total. The number of aryl methyl sites for hydroxylation is 2. The van der Waals surface area contributed by atoms with Gasteiger partial charge in [-0.15, -0.1) is 0 Å². The summed E-state index contributed by atoms with van der Waals surface area (Å²) in [6.45, 7) is 6.17. The maximum absolute atomic E-state index is 9.39. The molecule has 5 heteroatoms. The molecule has 0 bridgehead atoms. The molecule has 0 amide bonds. The molecule has 0 spiro atoms. The van der Waals surface area contributed by atoms with Crippen molar-refractivity contribution < 1.29 is 5.11 Å². The summed E-state index contributed by atoms with van der Waals surface area (Å²) in [7, 11) is 0. The second kappa shape index (κ2) is 5.77. The van der Waals surface area contributed by atoms with E-state index in [1.54, 1.807) is 11.8 Å². The predicted octanol–water partition coefficient (Wildman–Crippen LogP) is 2.13. The molecule has 19 heavy (non-hydrogen) atoms. The van der Waals surface area contributed by atoms with E-state index in [9.17, 15) is 5.11 Å². The van der Waals surface area contributed by atoms with Gasteiger partial charge in [-0.05, 0) is 45.6 Å². The van der Waals surface area contributed by atoms with E-state index in [0.29, 0.717) is 5.25 Å². The van der Waals surface area contributed by atoms with Crippen molar-refractivity contribution >= 4 is 11.8 Å². The summed E-state index contributed by atoms with van der Waals surface area (Å²) < 4.78 is 0. The highest BCUT2D eigenvalue weighted by atomic mass is 32.2. The van der Waals surface area contributed by atoms with Crippen LogP contribution in [0.2, 0.25) is 0 Å². The Hall–Kier alpha value is -0.650. The van der Waals surface area contributed by atoms with Crippen molar-refractivity contribution in [1.29, 1.82) is 0 Å². The van der Waals surface area contributed by atoms with Crippen LogP contribution in [0.5, 0.6) is 0 Å². The van der Waals surface area contributed by atoms with E-state index in [1.165, 1.54) is 0 Å². The molecule has 2 rings (SSSR count). The lowest BCUT2D eigenvalue weighted by Crippen LogP contribution is -2.48. The first kappa shape index (κ1) is 14.8. The molecule has 106 valence electrons. The van der Waals surface area contributed by atoms with E-state index < -0.39 is 5.54 Å². The molecule has 1 aliphatic rings. The van der Waals surface area contributed by atoms with Crippen molar-refractivity contribution in [1.82, 2.24) is 9.97 Å². The zero-order chi connectivity index (χ0) is 14.0. The number of hydrogen-bond acceptors (Lipinski definition) is 5. The smallest absolute Gasteiger partial charge is 0.188 e. The van der Waals surface area contributed by atoms with E-state index in [2.05, 4.69) is 16.9 Å². The zero-order valence-corrected chi connectivity index (χ0v) is 12.8. The Morgan fingerprint density at radius 1 is 1.32 bits per heavy atom. The minimum absolute atomic E-state index is 0.0663. The fourth-order valence-corrected chi connectivity index (χ4v) is 3.90. The lowest BCUT2D eigenvalue weighted by Gasteiger charge is -2.35. The number of hydrogen-bond donors (Lipinski definition) is 2. The van der Waals surface area contributed by atoms with Crippen molar-refractivity contribution in [3.05, 3.63) is 17.0 Å². The number of rotatable bonds is 3. The van der Waals surface area contributed by atoms with Crippen molar-refractivity contribution in [2.24, 2.45) is 5.73 Å². The van der Waals surface area contributed by atoms with Gasteiger partial charge in [0.15, 0.2) is 5.16 Å². The zero-order valence-electron chi connectivity index (χ0n) is 11.9. The third kappa shape index (κ3) is 3.46. The maximum Gasteiger partial charge on any atom is 0.188 e. The normalized spacial score (nSPS) is 27.5. The van der Waals surface area contributed by atoms with Crippen LogP contribution in [0.3, 0.4) is 0 Å². The summed E-state index contributed by atoms with van der Waals surface area (Å²) in [5.74, 6) is 0. The van der Waals surface area contributed by atoms with Gasteiger partial charge < -0.3 is 10.8 Å². The van der Waals surface area contributed by atoms with E-state index in [4.69, 9.17) is 5.73 Å². The van der Waals surface area contributed by atoms with Crippen LogP contribution in [0.15, 0.2) is 5.16 Å². The Kier molecular flexibility index (Phi) is 4.48. The highest BCUT2D eigenvalue weighted by Gasteiger charge is 2.33. The molecule has 2 atom stereocenters. The maximum atomic E-state index is 9.39. The summed E-state index contributed by atoms with van der Waals surface area (Å²) in [5.41, 5.74) is 9.03. The fourth-order valence-electron chi connectivity index (χ4n) is 2.53. The molecule has 1 saturated carbocycles. The lowest BCUT2D eigenvalue weighted by atomic mass is 9.83.